The van der Waals surface area contributed by atoms with Gasteiger partial charge in [-0.3, -0.25) is 4.79 Å². The molecular formula is C21H30N4O. The van der Waals surface area contributed by atoms with Crippen molar-refractivity contribution in [3.8, 4) is 0 Å². The fourth-order valence-electron chi connectivity index (χ4n) is 3.27. The topological polar surface area (TPSA) is 59.8 Å². The third kappa shape index (κ3) is 4.71. The zero-order valence-corrected chi connectivity index (χ0v) is 16.4. The van der Waals surface area contributed by atoms with Gasteiger partial charge >= 0.3 is 0 Å². The Hall–Kier alpha value is -2.17. The zero-order valence-electron chi connectivity index (χ0n) is 16.4. The number of carbonyl (C=O) groups is 1. The summed E-state index contributed by atoms with van der Waals surface area (Å²) in [6, 6.07) is 6.62. The van der Waals surface area contributed by atoms with E-state index in [0.717, 1.165) is 35.7 Å². The molecule has 5 nitrogen and oxygen atoms in total. The van der Waals surface area contributed by atoms with Gasteiger partial charge in [-0.1, -0.05) is 31.5 Å². The van der Waals surface area contributed by atoms with Crippen LogP contribution in [-0.2, 0) is 17.6 Å². The fourth-order valence-corrected chi connectivity index (χ4v) is 3.27. The molecule has 1 saturated carbocycles. The monoisotopic (exact) mass is 354 g/mol. The van der Waals surface area contributed by atoms with E-state index >= 15 is 0 Å². The molecule has 0 saturated heterocycles. The molecule has 0 spiro atoms. The first-order valence-corrected chi connectivity index (χ1v) is 9.73. The number of hydrogen-bond donors (Lipinski definition) is 1. The number of anilines is 1. The van der Waals surface area contributed by atoms with Crippen LogP contribution in [0, 0.1) is 19.8 Å². The minimum Gasteiger partial charge on any atom is -0.326 e. The van der Waals surface area contributed by atoms with Crippen molar-refractivity contribution in [1.82, 2.24) is 14.8 Å². The molecule has 26 heavy (non-hydrogen) atoms. The molecule has 0 bridgehead atoms. The molecule has 2 aromatic rings. The van der Waals surface area contributed by atoms with Gasteiger partial charge in [0, 0.05) is 31.0 Å². The molecule has 1 aromatic carbocycles. The van der Waals surface area contributed by atoms with Crippen molar-refractivity contribution < 1.29 is 4.79 Å². The molecule has 0 atom stereocenters. The molecule has 1 fully saturated rings. The number of aromatic nitrogens is 3. The predicted octanol–water partition coefficient (Wildman–Crippen LogP) is 4.39. The molecule has 1 aliphatic carbocycles. The zero-order chi connectivity index (χ0) is 18.7. The average molecular weight is 354 g/mol. The third-order valence-electron chi connectivity index (χ3n) is 4.93. The van der Waals surface area contributed by atoms with Gasteiger partial charge in [0.1, 0.15) is 11.6 Å². The second kappa shape index (κ2) is 8.02. The highest BCUT2D eigenvalue weighted by atomic mass is 16.1. The van der Waals surface area contributed by atoms with Gasteiger partial charge in [0.25, 0.3) is 0 Å². The first-order valence-electron chi connectivity index (χ1n) is 9.73. The third-order valence-corrected chi connectivity index (χ3v) is 4.93. The van der Waals surface area contributed by atoms with Crippen LogP contribution >= 0.6 is 0 Å². The summed E-state index contributed by atoms with van der Waals surface area (Å²) in [4.78, 5) is 12.4. The van der Waals surface area contributed by atoms with Crippen LogP contribution in [0.25, 0.3) is 0 Å². The number of rotatable bonds is 8. The van der Waals surface area contributed by atoms with Crippen LogP contribution < -0.4 is 5.32 Å². The number of aryl methyl sites for hydroxylation is 4. The van der Waals surface area contributed by atoms with E-state index in [4.69, 9.17) is 0 Å². The van der Waals surface area contributed by atoms with Crippen LogP contribution in [-0.4, -0.2) is 20.7 Å². The highest BCUT2D eigenvalue weighted by Gasteiger charge is 2.29. The molecule has 1 aliphatic rings. The molecule has 3 rings (SSSR count). The summed E-state index contributed by atoms with van der Waals surface area (Å²) in [6.07, 6.45) is 5.57. The van der Waals surface area contributed by atoms with Crippen LogP contribution in [0.2, 0.25) is 0 Å². The van der Waals surface area contributed by atoms with Gasteiger partial charge in [0.15, 0.2) is 0 Å². The van der Waals surface area contributed by atoms with E-state index in [1.807, 2.05) is 19.1 Å². The standard InChI is InChI=1S/C21H30N4O/c1-14(2)5-10-19-23-24-20(25(19)17-7-8-17)11-12-21(26)22-18-9-6-15(3)13-16(18)4/h6,9,13-14,17H,5,7-8,10-12H2,1-4H3,(H,22,26). The highest BCUT2D eigenvalue weighted by molar-refractivity contribution is 5.91. The molecule has 0 aliphatic heterocycles. The second-order valence-electron chi connectivity index (χ2n) is 7.93. The lowest BCUT2D eigenvalue weighted by atomic mass is 10.1. The van der Waals surface area contributed by atoms with Crippen LogP contribution in [0.1, 0.15) is 68.3 Å². The fraction of sp³-hybridized carbons (Fsp3) is 0.571. The summed E-state index contributed by atoms with van der Waals surface area (Å²) >= 11 is 0. The Bertz CT molecular complexity index is 774. The molecule has 1 aromatic heterocycles. The van der Waals surface area contributed by atoms with E-state index in [2.05, 4.69) is 46.9 Å². The molecule has 0 unspecified atom stereocenters. The SMILES string of the molecule is Cc1ccc(NC(=O)CCc2nnc(CCC(C)C)n2C2CC2)c(C)c1. The van der Waals surface area contributed by atoms with E-state index in [9.17, 15) is 4.79 Å². The van der Waals surface area contributed by atoms with Gasteiger partial charge < -0.3 is 9.88 Å². The Morgan fingerprint density at radius 2 is 1.88 bits per heavy atom. The van der Waals surface area contributed by atoms with E-state index in [1.54, 1.807) is 0 Å². The normalized spacial score (nSPS) is 14.0. The molecule has 1 amide bonds. The Morgan fingerprint density at radius 3 is 2.50 bits per heavy atom. The number of benzene rings is 1. The Labute approximate surface area is 156 Å². The lowest BCUT2D eigenvalue weighted by Crippen LogP contribution is -2.15. The number of hydrogen-bond acceptors (Lipinski definition) is 3. The quantitative estimate of drug-likeness (QED) is 0.765. The van der Waals surface area contributed by atoms with Crippen molar-refractivity contribution in [3.05, 3.63) is 41.0 Å². The van der Waals surface area contributed by atoms with Crippen molar-refractivity contribution in [2.75, 3.05) is 5.32 Å². The minimum absolute atomic E-state index is 0.0334. The number of nitrogens with one attached hydrogen (secondary N) is 1. The highest BCUT2D eigenvalue weighted by Crippen LogP contribution is 2.37. The Balaban J connectivity index is 1.61. The predicted molar refractivity (Wildman–Crippen MR) is 104 cm³/mol. The lowest BCUT2D eigenvalue weighted by molar-refractivity contribution is -0.116. The summed E-state index contributed by atoms with van der Waals surface area (Å²) in [5.74, 6) is 2.74. The average Bonchev–Trinajstić information content (AvgIpc) is 3.34. The minimum atomic E-state index is 0.0334. The van der Waals surface area contributed by atoms with E-state index < -0.39 is 0 Å². The van der Waals surface area contributed by atoms with Crippen LogP contribution in [0.5, 0.6) is 0 Å². The number of carbonyl (C=O) groups excluding carboxylic acids is 1. The van der Waals surface area contributed by atoms with E-state index in [-0.39, 0.29) is 5.91 Å². The Morgan fingerprint density at radius 1 is 1.19 bits per heavy atom. The van der Waals surface area contributed by atoms with Gasteiger partial charge in [0.2, 0.25) is 5.91 Å². The van der Waals surface area contributed by atoms with Gasteiger partial charge in [-0.2, -0.15) is 0 Å². The first kappa shape index (κ1) is 18.6. The van der Waals surface area contributed by atoms with Crippen molar-refractivity contribution in [1.29, 1.82) is 0 Å². The van der Waals surface area contributed by atoms with Crippen LogP contribution in [0.4, 0.5) is 5.69 Å². The van der Waals surface area contributed by atoms with E-state index in [0.29, 0.717) is 24.8 Å². The summed E-state index contributed by atoms with van der Waals surface area (Å²) in [6.45, 7) is 8.54. The van der Waals surface area contributed by atoms with Gasteiger partial charge in [-0.25, -0.2) is 0 Å². The van der Waals surface area contributed by atoms with Gasteiger partial charge in [-0.15, -0.1) is 10.2 Å². The maximum absolute atomic E-state index is 12.4. The maximum atomic E-state index is 12.4. The number of nitrogens with zero attached hydrogens (tertiary/aromatic N) is 3. The van der Waals surface area contributed by atoms with Gasteiger partial charge in [-0.05, 0) is 50.7 Å². The molecule has 1 N–H and O–H groups in total. The van der Waals surface area contributed by atoms with Crippen molar-refractivity contribution in [2.24, 2.45) is 5.92 Å². The molecular weight excluding hydrogens is 324 g/mol. The first-order chi connectivity index (χ1) is 12.4. The van der Waals surface area contributed by atoms with Crippen molar-refractivity contribution in [2.45, 2.75) is 72.3 Å². The summed E-state index contributed by atoms with van der Waals surface area (Å²) in [5.41, 5.74) is 3.18. The molecule has 0 radical (unpaired) electrons. The van der Waals surface area contributed by atoms with Crippen molar-refractivity contribution in [3.63, 3.8) is 0 Å². The smallest absolute Gasteiger partial charge is 0.224 e. The molecule has 1 heterocycles. The van der Waals surface area contributed by atoms with Crippen molar-refractivity contribution >= 4 is 11.6 Å². The molecule has 5 heteroatoms. The molecule has 140 valence electrons. The van der Waals surface area contributed by atoms with Crippen LogP contribution in [0.3, 0.4) is 0 Å². The van der Waals surface area contributed by atoms with E-state index in [1.165, 1.54) is 18.4 Å². The Kier molecular flexibility index (Phi) is 5.74. The lowest BCUT2D eigenvalue weighted by Gasteiger charge is -2.11. The van der Waals surface area contributed by atoms with Crippen LogP contribution in [0.15, 0.2) is 18.2 Å². The summed E-state index contributed by atoms with van der Waals surface area (Å²) < 4.78 is 2.30. The number of amides is 1. The largest absolute Gasteiger partial charge is 0.326 e. The summed E-state index contributed by atoms with van der Waals surface area (Å²) in [7, 11) is 0. The second-order valence-corrected chi connectivity index (χ2v) is 7.93. The van der Waals surface area contributed by atoms with Gasteiger partial charge in [0.05, 0.1) is 0 Å². The summed E-state index contributed by atoms with van der Waals surface area (Å²) in [5, 5.41) is 11.8. The maximum Gasteiger partial charge on any atom is 0.224 e.